The number of nitrogens with one attached hydrogen (secondary N) is 1. The summed E-state index contributed by atoms with van der Waals surface area (Å²) in [6, 6.07) is 5.30. The predicted molar refractivity (Wildman–Crippen MR) is 63.7 cm³/mol. The third-order valence-electron chi connectivity index (χ3n) is 3.23. The zero-order valence-corrected chi connectivity index (χ0v) is 9.62. The molecule has 0 unspecified atom stereocenters. The molecular formula is C12H16N2O2. The highest BCUT2D eigenvalue weighted by Gasteiger charge is 2.36. The van der Waals surface area contributed by atoms with Crippen LogP contribution in [0.3, 0.4) is 0 Å². The molecule has 0 saturated heterocycles. The van der Waals surface area contributed by atoms with Gasteiger partial charge in [0.25, 0.3) is 5.69 Å². The number of anilines is 1. The average molecular weight is 220 g/mol. The Labute approximate surface area is 94.8 Å². The molecule has 1 aromatic rings. The van der Waals surface area contributed by atoms with Crippen LogP contribution in [0.1, 0.15) is 25.3 Å². The van der Waals surface area contributed by atoms with Gasteiger partial charge < -0.3 is 5.32 Å². The van der Waals surface area contributed by atoms with Gasteiger partial charge in [-0.3, -0.25) is 10.1 Å². The molecule has 2 rings (SSSR count). The van der Waals surface area contributed by atoms with Gasteiger partial charge >= 0.3 is 0 Å². The highest BCUT2D eigenvalue weighted by Crippen LogP contribution is 2.44. The minimum Gasteiger partial charge on any atom is -0.384 e. The monoisotopic (exact) mass is 220 g/mol. The van der Waals surface area contributed by atoms with E-state index in [4.69, 9.17) is 0 Å². The van der Waals surface area contributed by atoms with Gasteiger partial charge in [-0.15, -0.1) is 0 Å². The van der Waals surface area contributed by atoms with E-state index >= 15 is 0 Å². The van der Waals surface area contributed by atoms with Crippen LogP contribution in [0.2, 0.25) is 0 Å². The molecule has 16 heavy (non-hydrogen) atoms. The van der Waals surface area contributed by atoms with Crippen molar-refractivity contribution in [2.24, 2.45) is 5.41 Å². The Balaban J connectivity index is 2.09. The standard InChI is InChI=1S/C12H16N2O2/c1-9-3-4-10(7-11(9)14(15)16)13-8-12(2)5-6-12/h3-4,7,13H,5-6,8H2,1-2H3. The first-order valence-corrected chi connectivity index (χ1v) is 5.49. The smallest absolute Gasteiger partial charge is 0.274 e. The molecule has 0 spiro atoms. The molecule has 4 heteroatoms. The predicted octanol–water partition coefficient (Wildman–Crippen LogP) is 3.12. The van der Waals surface area contributed by atoms with E-state index < -0.39 is 0 Å². The Morgan fingerprint density at radius 1 is 1.50 bits per heavy atom. The summed E-state index contributed by atoms with van der Waals surface area (Å²) in [6.45, 7) is 4.87. The third kappa shape index (κ3) is 2.32. The zero-order valence-electron chi connectivity index (χ0n) is 9.62. The summed E-state index contributed by atoms with van der Waals surface area (Å²) in [5.41, 5.74) is 2.13. The summed E-state index contributed by atoms with van der Waals surface area (Å²) >= 11 is 0. The Morgan fingerprint density at radius 2 is 2.19 bits per heavy atom. The second-order valence-electron chi connectivity index (χ2n) is 4.92. The summed E-state index contributed by atoms with van der Waals surface area (Å²) in [4.78, 5) is 10.4. The molecule has 0 amide bonds. The number of hydrogen-bond acceptors (Lipinski definition) is 3. The molecule has 0 atom stereocenters. The normalized spacial score (nSPS) is 16.9. The van der Waals surface area contributed by atoms with Crippen molar-refractivity contribution in [3.05, 3.63) is 33.9 Å². The van der Waals surface area contributed by atoms with E-state index in [1.807, 2.05) is 6.07 Å². The van der Waals surface area contributed by atoms with Crippen molar-refractivity contribution in [1.82, 2.24) is 0 Å². The van der Waals surface area contributed by atoms with E-state index in [-0.39, 0.29) is 10.6 Å². The van der Waals surface area contributed by atoms with Gasteiger partial charge in [-0.1, -0.05) is 13.0 Å². The van der Waals surface area contributed by atoms with Gasteiger partial charge in [0, 0.05) is 23.9 Å². The first-order chi connectivity index (χ1) is 7.50. The fourth-order valence-corrected chi connectivity index (χ4v) is 1.62. The molecule has 1 saturated carbocycles. The lowest BCUT2D eigenvalue weighted by molar-refractivity contribution is -0.385. The van der Waals surface area contributed by atoms with Gasteiger partial charge in [0.1, 0.15) is 0 Å². The van der Waals surface area contributed by atoms with Crippen molar-refractivity contribution < 1.29 is 4.92 Å². The summed E-state index contributed by atoms with van der Waals surface area (Å²) in [5, 5.41) is 14.0. The molecule has 86 valence electrons. The number of nitrogens with zero attached hydrogens (tertiary/aromatic N) is 1. The number of nitro groups is 1. The van der Waals surface area contributed by atoms with Gasteiger partial charge in [0.2, 0.25) is 0 Å². The lowest BCUT2D eigenvalue weighted by atomic mass is 10.1. The summed E-state index contributed by atoms with van der Waals surface area (Å²) in [7, 11) is 0. The topological polar surface area (TPSA) is 55.2 Å². The second kappa shape index (κ2) is 3.77. The molecule has 1 aliphatic rings. The van der Waals surface area contributed by atoms with Gasteiger partial charge in [0.05, 0.1) is 4.92 Å². The minimum absolute atomic E-state index is 0.186. The Kier molecular flexibility index (Phi) is 2.58. The lowest BCUT2D eigenvalue weighted by Crippen LogP contribution is -2.11. The number of nitro benzene ring substituents is 1. The molecule has 1 fully saturated rings. The van der Waals surface area contributed by atoms with Crippen LogP contribution in [0.4, 0.5) is 11.4 Å². The van der Waals surface area contributed by atoms with E-state index in [1.54, 1.807) is 19.1 Å². The number of benzene rings is 1. The van der Waals surface area contributed by atoms with Crippen LogP contribution in [-0.4, -0.2) is 11.5 Å². The van der Waals surface area contributed by atoms with Crippen LogP contribution in [0.5, 0.6) is 0 Å². The number of rotatable bonds is 4. The summed E-state index contributed by atoms with van der Waals surface area (Å²) in [6.07, 6.45) is 2.49. The molecule has 4 nitrogen and oxygen atoms in total. The maximum absolute atomic E-state index is 10.8. The Morgan fingerprint density at radius 3 is 2.75 bits per heavy atom. The van der Waals surface area contributed by atoms with Crippen LogP contribution in [0.25, 0.3) is 0 Å². The van der Waals surface area contributed by atoms with Gasteiger partial charge in [-0.05, 0) is 31.2 Å². The second-order valence-corrected chi connectivity index (χ2v) is 4.92. The summed E-state index contributed by atoms with van der Waals surface area (Å²) in [5.74, 6) is 0. The Bertz CT molecular complexity index is 425. The van der Waals surface area contributed by atoms with E-state index in [2.05, 4.69) is 12.2 Å². The van der Waals surface area contributed by atoms with Crippen molar-refractivity contribution in [3.8, 4) is 0 Å². The first kappa shape index (κ1) is 10.9. The molecule has 1 N–H and O–H groups in total. The lowest BCUT2D eigenvalue weighted by Gasteiger charge is -2.11. The fourth-order valence-electron chi connectivity index (χ4n) is 1.62. The highest BCUT2D eigenvalue weighted by atomic mass is 16.6. The van der Waals surface area contributed by atoms with E-state index in [0.717, 1.165) is 12.2 Å². The van der Waals surface area contributed by atoms with E-state index in [0.29, 0.717) is 11.0 Å². The van der Waals surface area contributed by atoms with Crippen LogP contribution >= 0.6 is 0 Å². The van der Waals surface area contributed by atoms with Crippen molar-refractivity contribution in [1.29, 1.82) is 0 Å². The average Bonchev–Trinajstić information content (AvgIpc) is 2.96. The molecule has 0 radical (unpaired) electrons. The van der Waals surface area contributed by atoms with E-state index in [1.165, 1.54) is 12.8 Å². The number of hydrogen-bond donors (Lipinski definition) is 1. The molecule has 1 aliphatic carbocycles. The first-order valence-electron chi connectivity index (χ1n) is 5.49. The van der Waals surface area contributed by atoms with Crippen molar-refractivity contribution >= 4 is 11.4 Å². The molecular weight excluding hydrogens is 204 g/mol. The van der Waals surface area contributed by atoms with E-state index in [9.17, 15) is 10.1 Å². The van der Waals surface area contributed by atoms with Crippen LogP contribution in [0.15, 0.2) is 18.2 Å². The molecule has 0 aliphatic heterocycles. The maximum atomic E-state index is 10.8. The zero-order chi connectivity index (χ0) is 11.8. The van der Waals surface area contributed by atoms with Crippen molar-refractivity contribution in [2.45, 2.75) is 26.7 Å². The molecule has 0 aromatic heterocycles. The largest absolute Gasteiger partial charge is 0.384 e. The SMILES string of the molecule is Cc1ccc(NCC2(C)CC2)cc1[N+](=O)[O-]. The number of aryl methyl sites for hydroxylation is 1. The molecule has 0 bridgehead atoms. The highest BCUT2D eigenvalue weighted by molar-refractivity contribution is 5.55. The van der Waals surface area contributed by atoms with Crippen LogP contribution in [0, 0.1) is 22.5 Å². The molecule has 0 heterocycles. The van der Waals surface area contributed by atoms with Crippen molar-refractivity contribution in [2.75, 3.05) is 11.9 Å². The van der Waals surface area contributed by atoms with Crippen molar-refractivity contribution in [3.63, 3.8) is 0 Å². The minimum atomic E-state index is -0.334. The Hall–Kier alpha value is -1.58. The van der Waals surface area contributed by atoms with Gasteiger partial charge in [0.15, 0.2) is 0 Å². The van der Waals surface area contributed by atoms with Crippen LogP contribution in [-0.2, 0) is 0 Å². The third-order valence-corrected chi connectivity index (χ3v) is 3.23. The fraction of sp³-hybridized carbons (Fsp3) is 0.500. The molecule has 1 aromatic carbocycles. The van der Waals surface area contributed by atoms with Gasteiger partial charge in [-0.2, -0.15) is 0 Å². The quantitative estimate of drug-likeness (QED) is 0.626. The maximum Gasteiger partial charge on any atom is 0.274 e. The summed E-state index contributed by atoms with van der Waals surface area (Å²) < 4.78 is 0. The van der Waals surface area contributed by atoms with Gasteiger partial charge in [-0.25, -0.2) is 0 Å². The van der Waals surface area contributed by atoms with Crippen LogP contribution < -0.4 is 5.32 Å².